The average molecular weight is 229 g/mol. The molecule has 0 heterocycles. The number of nitrogen functional groups attached to an aromatic ring is 1. The number of benzene rings is 1. The van der Waals surface area contributed by atoms with E-state index in [9.17, 15) is 9.50 Å². The van der Waals surface area contributed by atoms with E-state index in [0.29, 0.717) is 17.9 Å². The number of anilines is 1. The van der Waals surface area contributed by atoms with E-state index in [2.05, 4.69) is 0 Å². The summed E-state index contributed by atoms with van der Waals surface area (Å²) in [6, 6.07) is 4.41. The lowest BCUT2D eigenvalue weighted by Gasteiger charge is -2.20. The molecule has 0 radical (unpaired) electrons. The maximum absolute atomic E-state index is 13.0. The fourth-order valence-corrected chi connectivity index (χ4v) is 2.11. The van der Waals surface area contributed by atoms with E-state index >= 15 is 0 Å². The summed E-state index contributed by atoms with van der Waals surface area (Å²) < 4.78 is 13.0. The van der Waals surface area contributed by atoms with E-state index in [-0.39, 0.29) is 5.82 Å². The molecule has 0 saturated heterocycles. The predicted molar refractivity (Wildman–Crippen MR) is 62.5 cm³/mol. The Labute approximate surface area is 93.7 Å². The lowest BCUT2D eigenvalue weighted by Crippen LogP contribution is -2.25. The summed E-state index contributed by atoms with van der Waals surface area (Å²) in [5, 5.41) is 9.78. The summed E-state index contributed by atoms with van der Waals surface area (Å²) in [5.74, 6) is 0.195. The Hall–Kier alpha value is -0.740. The van der Waals surface area contributed by atoms with Crippen LogP contribution in [-0.2, 0) is 0 Å². The van der Waals surface area contributed by atoms with Gasteiger partial charge in [-0.2, -0.15) is 0 Å². The van der Waals surface area contributed by atoms with Crippen LogP contribution in [-0.4, -0.2) is 16.5 Å². The highest BCUT2D eigenvalue weighted by molar-refractivity contribution is 7.99. The summed E-state index contributed by atoms with van der Waals surface area (Å²) in [4.78, 5) is 0.751. The molecule has 1 aromatic rings. The third kappa shape index (κ3) is 4.10. The van der Waals surface area contributed by atoms with Crippen LogP contribution in [0.25, 0.3) is 0 Å². The van der Waals surface area contributed by atoms with Crippen LogP contribution >= 0.6 is 11.8 Å². The van der Waals surface area contributed by atoms with Gasteiger partial charge in [0.1, 0.15) is 5.82 Å². The largest absolute Gasteiger partial charge is 0.399 e. The SMILES string of the molecule is CCC(C)(O)CSc1cc(N)cc(F)c1. The van der Waals surface area contributed by atoms with Gasteiger partial charge >= 0.3 is 0 Å². The lowest BCUT2D eigenvalue weighted by atomic mass is 10.1. The van der Waals surface area contributed by atoms with Gasteiger partial charge in [0.25, 0.3) is 0 Å². The van der Waals surface area contributed by atoms with Gasteiger partial charge in [-0.1, -0.05) is 6.92 Å². The lowest BCUT2D eigenvalue weighted by molar-refractivity contribution is 0.0816. The number of rotatable bonds is 4. The van der Waals surface area contributed by atoms with Gasteiger partial charge in [0.05, 0.1) is 5.60 Å². The highest BCUT2D eigenvalue weighted by Gasteiger charge is 2.17. The maximum Gasteiger partial charge on any atom is 0.126 e. The Morgan fingerprint density at radius 1 is 1.47 bits per heavy atom. The van der Waals surface area contributed by atoms with Crippen molar-refractivity contribution in [1.29, 1.82) is 0 Å². The number of hydrogen-bond acceptors (Lipinski definition) is 3. The van der Waals surface area contributed by atoms with Crippen molar-refractivity contribution in [3.8, 4) is 0 Å². The van der Waals surface area contributed by atoms with Crippen LogP contribution in [0.4, 0.5) is 10.1 Å². The van der Waals surface area contributed by atoms with E-state index in [4.69, 9.17) is 5.73 Å². The first-order valence-electron chi connectivity index (χ1n) is 4.84. The van der Waals surface area contributed by atoms with Gasteiger partial charge < -0.3 is 10.8 Å². The maximum atomic E-state index is 13.0. The van der Waals surface area contributed by atoms with Gasteiger partial charge in [-0.15, -0.1) is 11.8 Å². The topological polar surface area (TPSA) is 46.2 Å². The molecule has 1 aromatic carbocycles. The van der Waals surface area contributed by atoms with Crippen molar-refractivity contribution in [2.45, 2.75) is 30.8 Å². The van der Waals surface area contributed by atoms with Gasteiger partial charge in [-0.3, -0.25) is 0 Å². The van der Waals surface area contributed by atoms with Crippen molar-refractivity contribution in [2.75, 3.05) is 11.5 Å². The molecule has 1 unspecified atom stereocenters. The van der Waals surface area contributed by atoms with E-state index in [1.54, 1.807) is 13.0 Å². The number of nitrogens with two attached hydrogens (primary N) is 1. The smallest absolute Gasteiger partial charge is 0.126 e. The van der Waals surface area contributed by atoms with Crippen LogP contribution in [0.3, 0.4) is 0 Å². The molecule has 0 amide bonds. The molecule has 0 spiro atoms. The zero-order chi connectivity index (χ0) is 11.5. The van der Waals surface area contributed by atoms with Crippen LogP contribution in [0, 0.1) is 5.82 Å². The molecule has 15 heavy (non-hydrogen) atoms. The highest BCUT2D eigenvalue weighted by atomic mass is 32.2. The molecule has 1 rings (SSSR count). The molecule has 0 aliphatic carbocycles. The van der Waals surface area contributed by atoms with Gasteiger partial charge in [0, 0.05) is 16.3 Å². The van der Waals surface area contributed by atoms with Crippen molar-refractivity contribution in [1.82, 2.24) is 0 Å². The molecule has 0 saturated carbocycles. The van der Waals surface area contributed by atoms with Crippen LogP contribution < -0.4 is 5.73 Å². The molecule has 3 N–H and O–H groups in total. The zero-order valence-corrected chi connectivity index (χ0v) is 9.77. The van der Waals surface area contributed by atoms with Crippen LogP contribution in [0.15, 0.2) is 23.1 Å². The van der Waals surface area contributed by atoms with E-state index < -0.39 is 5.60 Å². The zero-order valence-electron chi connectivity index (χ0n) is 8.96. The van der Waals surface area contributed by atoms with Crippen molar-refractivity contribution in [2.24, 2.45) is 0 Å². The number of halogens is 1. The summed E-state index contributed by atoms with van der Waals surface area (Å²) in [7, 11) is 0. The van der Waals surface area contributed by atoms with Crippen molar-refractivity contribution < 1.29 is 9.50 Å². The minimum atomic E-state index is -0.717. The molecule has 84 valence electrons. The monoisotopic (exact) mass is 229 g/mol. The normalized spacial score (nSPS) is 14.9. The van der Waals surface area contributed by atoms with Gasteiger partial charge in [-0.25, -0.2) is 4.39 Å². The van der Waals surface area contributed by atoms with Gasteiger partial charge in [0.2, 0.25) is 0 Å². The molecule has 4 heteroatoms. The first-order chi connectivity index (χ1) is 6.93. The number of aliphatic hydroxyl groups is 1. The summed E-state index contributed by atoms with van der Waals surface area (Å²) in [5.41, 5.74) is 5.21. The molecule has 0 aliphatic rings. The molecule has 1 atom stereocenters. The third-order valence-corrected chi connectivity index (χ3v) is 3.54. The van der Waals surface area contributed by atoms with Crippen LogP contribution in [0.5, 0.6) is 0 Å². The summed E-state index contributed by atoms with van der Waals surface area (Å²) in [6.45, 7) is 3.68. The first-order valence-corrected chi connectivity index (χ1v) is 5.83. The summed E-state index contributed by atoms with van der Waals surface area (Å²) >= 11 is 1.41. The van der Waals surface area contributed by atoms with E-state index in [0.717, 1.165) is 4.90 Å². The van der Waals surface area contributed by atoms with E-state index in [1.807, 2.05) is 6.92 Å². The molecular formula is C11H16FNOS. The van der Waals surface area contributed by atoms with Gasteiger partial charge in [-0.05, 0) is 31.5 Å². The molecule has 2 nitrogen and oxygen atoms in total. The molecule has 0 fully saturated rings. The second-order valence-electron chi connectivity index (χ2n) is 3.86. The number of thioether (sulfide) groups is 1. The standard InChI is InChI=1S/C11H16FNOS/c1-3-11(2,14)7-15-10-5-8(12)4-9(13)6-10/h4-6,14H,3,7,13H2,1-2H3. The molecular weight excluding hydrogens is 213 g/mol. The van der Waals surface area contributed by atoms with Gasteiger partial charge in [0.15, 0.2) is 0 Å². The van der Waals surface area contributed by atoms with Crippen molar-refractivity contribution in [3.63, 3.8) is 0 Å². The second kappa shape index (κ2) is 4.86. The highest BCUT2D eigenvalue weighted by Crippen LogP contribution is 2.26. The summed E-state index contributed by atoms with van der Waals surface area (Å²) in [6.07, 6.45) is 0.671. The fourth-order valence-electron chi connectivity index (χ4n) is 1.01. The van der Waals surface area contributed by atoms with Crippen molar-refractivity contribution in [3.05, 3.63) is 24.0 Å². The number of hydrogen-bond donors (Lipinski definition) is 2. The Kier molecular flexibility index (Phi) is 3.99. The Morgan fingerprint density at radius 2 is 2.13 bits per heavy atom. The Balaban J connectivity index is 2.65. The van der Waals surface area contributed by atoms with E-state index in [1.165, 1.54) is 23.9 Å². The van der Waals surface area contributed by atoms with Crippen LogP contribution in [0.1, 0.15) is 20.3 Å². The first kappa shape index (κ1) is 12.3. The fraction of sp³-hybridized carbons (Fsp3) is 0.455. The minimum Gasteiger partial charge on any atom is -0.399 e. The molecule has 0 aliphatic heterocycles. The minimum absolute atomic E-state index is 0.339. The van der Waals surface area contributed by atoms with Crippen molar-refractivity contribution >= 4 is 17.4 Å². The average Bonchev–Trinajstić information content (AvgIpc) is 2.14. The Bertz CT molecular complexity index is 321. The molecule has 0 aromatic heterocycles. The second-order valence-corrected chi connectivity index (χ2v) is 4.91. The van der Waals surface area contributed by atoms with Crippen LogP contribution in [0.2, 0.25) is 0 Å². The molecule has 0 bridgehead atoms. The predicted octanol–water partition coefficient (Wildman–Crippen LogP) is 2.66. The Morgan fingerprint density at radius 3 is 2.67 bits per heavy atom. The quantitative estimate of drug-likeness (QED) is 0.616. The third-order valence-electron chi connectivity index (χ3n) is 2.21.